The predicted octanol–water partition coefficient (Wildman–Crippen LogP) is -0.190. The maximum Gasteiger partial charge on any atom is 0.253 e. The van der Waals surface area contributed by atoms with Crippen molar-refractivity contribution in [3.05, 3.63) is 18.5 Å². The number of aromatic nitrogens is 2. The number of hydrogen-bond acceptors (Lipinski definition) is 6. The number of hydrogen-bond donors (Lipinski definition) is 2. The molecule has 1 aliphatic heterocycles. The first-order valence-electron chi connectivity index (χ1n) is 4.72. The Kier molecular flexibility index (Phi) is 3.43. The quantitative estimate of drug-likeness (QED) is 0.683. The van der Waals surface area contributed by atoms with E-state index in [0.29, 0.717) is 19.0 Å². The van der Waals surface area contributed by atoms with E-state index in [2.05, 4.69) is 9.97 Å². The van der Waals surface area contributed by atoms with Crippen LogP contribution >= 0.6 is 8.53 Å². The Bertz CT molecular complexity index is 303. The average molecular weight is 228 g/mol. The molecule has 0 aliphatic carbocycles. The molecule has 0 aromatic carbocycles. The highest BCUT2D eigenvalue weighted by molar-refractivity contribution is 7.42. The Morgan fingerprint density at radius 2 is 1.67 bits per heavy atom. The van der Waals surface area contributed by atoms with Gasteiger partial charge in [-0.3, -0.25) is 0 Å². The predicted molar refractivity (Wildman–Crippen MR) is 57.2 cm³/mol. The summed E-state index contributed by atoms with van der Waals surface area (Å²) in [7, 11) is -1.94. The molecule has 6 nitrogen and oxygen atoms in total. The fourth-order valence-corrected chi connectivity index (χ4v) is 2.07. The first-order valence-corrected chi connectivity index (χ1v) is 5.92. The molecule has 0 spiro atoms. The van der Waals surface area contributed by atoms with Crippen LogP contribution in [0, 0.1) is 0 Å². The van der Waals surface area contributed by atoms with Crippen molar-refractivity contribution in [2.24, 2.45) is 0 Å². The van der Waals surface area contributed by atoms with Gasteiger partial charge in [-0.2, -0.15) is 0 Å². The van der Waals surface area contributed by atoms with Gasteiger partial charge >= 0.3 is 0 Å². The van der Waals surface area contributed by atoms with E-state index in [9.17, 15) is 0 Å². The van der Waals surface area contributed by atoms with Crippen molar-refractivity contribution in [1.82, 2.24) is 14.6 Å². The van der Waals surface area contributed by atoms with E-state index in [1.54, 1.807) is 23.1 Å². The third-order valence-electron chi connectivity index (χ3n) is 2.34. The summed E-state index contributed by atoms with van der Waals surface area (Å²) in [6.07, 6.45) is 3.42. The van der Waals surface area contributed by atoms with E-state index in [1.165, 1.54) is 0 Å². The summed E-state index contributed by atoms with van der Waals surface area (Å²) in [6, 6.07) is 1.78. The summed E-state index contributed by atoms with van der Waals surface area (Å²) in [5.41, 5.74) is 0. The molecule has 15 heavy (non-hydrogen) atoms. The zero-order valence-corrected chi connectivity index (χ0v) is 9.09. The number of rotatable bonds is 2. The number of nitrogens with zero attached hydrogens (tertiary/aromatic N) is 4. The highest BCUT2D eigenvalue weighted by atomic mass is 31.2. The lowest BCUT2D eigenvalue weighted by Crippen LogP contribution is -2.44. The first-order chi connectivity index (χ1) is 7.27. The fourth-order valence-electron chi connectivity index (χ4n) is 1.53. The molecule has 0 unspecified atom stereocenters. The van der Waals surface area contributed by atoms with Crippen LogP contribution in [-0.2, 0) is 0 Å². The summed E-state index contributed by atoms with van der Waals surface area (Å²) >= 11 is 0. The lowest BCUT2D eigenvalue weighted by molar-refractivity contribution is 0.324. The molecule has 0 bridgehead atoms. The standard InChI is InChI=1S/C8H13N4O2P/c13-15(14)12-6-4-11(5-7-12)8-9-2-1-3-10-8/h1-3,13-14H,4-7H2. The molecule has 0 saturated carbocycles. The van der Waals surface area contributed by atoms with Crippen molar-refractivity contribution in [2.45, 2.75) is 0 Å². The molecule has 7 heteroatoms. The minimum atomic E-state index is -1.94. The summed E-state index contributed by atoms with van der Waals surface area (Å²) in [5.74, 6) is 0.706. The van der Waals surface area contributed by atoms with E-state index in [0.717, 1.165) is 13.1 Å². The highest BCUT2D eigenvalue weighted by Crippen LogP contribution is 2.30. The molecule has 2 heterocycles. The van der Waals surface area contributed by atoms with Crippen LogP contribution in [0.5, 0.6) is 0 Å². The Hall–Kier alpha value is -0.810. The van der Waals surface area contributed by atoms with Crippen molar-refractivity contribution in [3.8, 4) is 0 Å². The van der Waals surface area contributed by atoms with Crippen molar-refractivity contribution in [3.63, 3.8) is 0 Å². The average Bonchev–Trinajstić information content (AvgIpc) is 2.30. The SMILES string of the molecule is OP(O)N1CCN(c2ncccn2)CC1. The topological polar surface area (TPSA) is 72.7 Å². The van der Waals surface area contributed by atoms with Crippen LogP contribution in [0.25, 0.3) is 0 Å². The Balaban J connectivity index is 1.94. The van der Waals surface area contributed by atoms with Gasteiger partial charge in [0.2, 0.25) is 5.95 Å². The normalized spacial score (nSPS) is 18.5. The van der Waals surface area contributed by atoms with Gasteiger partial charge in [0.1, 0.15) is 0 Å². The van der Waals surface area contributed by atoms with Gasteiger partial charge in [-0.05, 0) is 6.07 Å². The molecule has 82 valence electrons. The highest BCUT2D eigenvalue weighted by Gasteiger charge is 2.22. The molecule has 2 N–H and O–H groups in total. The molecule has 1 fully saturated rings. The second-order valence-electron chi connectivity index (χ2n) is 3.26. The maximum atomic E-state index is 9.03. The van der Waals surface area contributed by atoms with Gasteiger partial charge in [-0.15, -0.1) is 0 Å². The smallest absolute Gasteiger partial charge is 0.253 e. The molecular formula is C8H13N4O2P. The van der Waals surface area contributed by atoms with E-state index in [4.69, 9.17) is 9.79 Å². The molecule has 2 rings (SSSR count). The van der Waals surface area contributed by atoms with Crippen molar-refractivity contribution < 1.29 is 9.79 Å². The molecular weight excluding hydrogens is 215 g/mol. The third kappa shape index (κ3) is 2.60. The Labute approximate surface area is 89.2 Å². The van der Waals surface area contributed by atoms with Gasteiger partial charge in [-0.1, -0.05) is 0 Å². The van der Waals surface area contributed by atoms with Crippen molar-refractivity contribution in [1.29, 1.82) is 0 Å². The fraction of sp³-hybridized carbons (Fsp3) is 0.500. The van der Waals surface area contributed by atoms with Crippen LogP contribution in [0.3, 0.4) is 0 Å². The minimum absolute atomic E-state index is 0.636. The zero-order chi connectivity index (χ0) is 10.7. The molecule has 0 atom stereocenters. The van der Waals surface area contributed by atoms with Gasteiger partial charge in [0.15, 0.2) is 0 Å². The summed E-state index contributed by atoms with van der Waals surface area (Å²) < 4.78 is 1.66. The molecule has 0 radical (unpaired) electrons. The van der Waals surface area contributed by atoms with Crippen molar-refractivity contribution in [2.75, 3.05) is 31.1 Å². The van der Waals surface area contributed by atoms with Gasteiger partial charge in [-0.25, -0.2) is 14.6 Å². The van der Waals surface area contributed by atoms with E-state index in [1.807, 2.05) is 4.90 Å². The molecule has 1 aromatic heterocycles. The molecule has 0 amide bonds. The third-order valence-corrected chi connectivity index (χ3v) is 3.25. The first kappa shape index (κ1) is 10.7. The van der Waals surface area contributed by atoms with Crippen LogP contribution in [0.2, 0.25) is 0 Å². The lowest BCUT2D eigenvalue weighted by atomic mass is 10.4. The summed E-state index contributed by atoms with van der Waals surface area (Å²) in [5, 5.41) is 0. The maximum absolute atomic E-state index is 9.03. The Morgan fingerprint density at radius 1 is 1.07 bits per heavy atom. The largest absolute Gasteiger partial charge is 0.338 e. The van der Waals surface area contributed by atoms with Gasteiger partial charge in [0.25, 0.3) is 8.53 Å². The lowest BCUT2D eigenvalue weighted by Gasteiger charge is -2.34. The van der Waals surface area contributed by atoms with Gasteiger partial charge in [0.05, 0.1) is 0 Å². The van der Waals surface area contributed by atoms with Gasteiger partial charge in [0, 0.05) is 38.6 Å². The van der Waals surface area contributed by atoms with Gasteiger partial charge < -0.3 is 14.7 Å². The Morgan fingerprint density at radius 3 is 2.20 bits per heavy atom. The van der Waals surface area contributed by atoms with Crippen molar-refractivity contribution >= 4 is 14.5 Å². The van der Waals surface area contributed by atoms with Crippen LogP contribution < -0.4 is 4.90 Å². The second-order valence-corrected chi connectivity index (χ2v) is 4.36. The molecule has 1 aromatic rings. The van der Waals surface area contributed by atoms with Crippen LogP contribution in [0.1, 0.15) is 0 Å². The van der Waals surface area contributed by atoms with E-state index < -0.39 is 8.53 Å². The summed E-state index contributed by atoms with van der Waals surface area (Å²) in [4.78, 5) is 28.4. The van der Waals surface area contributed by atoms with Crippen LogP contribution in [-0.4, -0.2) is 50.6 Å². The molecule has 1 saturated heterocycles. The molecule has 1 aliphatic rings. The monoisotopic (exact) mass is 228 g/mol. The van der Waals surface area contributed by atoms with E-state index in [-0.39, 0.29) is 0 Å². The number of piperazine rings is 1. The second kappa shape index (κ2) is 4.81. The van der Waals surface area contributed by atoms with Crippen LogP contribution in [0.15, 0.2) is 18.5 Å². The summed E-state index contributed by atoms with van der Waals surface area (Å²) in [6.45, 7) is 2.72. The number of anilines is 1. The zero-order valence-electron chi connectivity index (χ0n) is 8.19. The van der Waals surface area contributed by atoms with E-state index >= 15 is 0 Å². The van der Waals surface area contributed by atoms with Crippen LogP contribution in [0.4, 0.5) is 5.95 Å². The minimum Gasteiger partial charge on any atom is -0.338 e.